The summed E-state index contributed by atoms with van der Waals surface area (Å²) in [7, 11) is -5.22. The largest absolute Gasteiger partial charge is 0.347 e. The summed E-state index contributed by atoms with van der Waals surface area (Å²) in [5, 5.41) is 1.26. The summed E-state index contributed by atoms with van der Waals surface area (Å²) in [5.74, 6) is 2.04. The van der Waals surface area contributed by atoms with Gasteiger partial charge in [-0.05, 0) is 48.7 Å². The molecule has 8 heteroatoms. The number of fused-ring (bicyclic) bond motifs is 1. The molecule has 0 radical (unpaired) electrons. The molecule has 194 valence electrons. The van der Waals surface area contributed by atoms with Crippen LogP contribution in [0.25, 0.3) is 0 Å². The zero-order chi connectivity index (χ0) is 26.3. The highest BCUT2D eigenvalue weighted by molar-refractivity contribution is 7.95. The van der Waals surface area contributed by atoms with Crippen LogP contribution in [0, 0.1) is 0 Å². The van der Waals surface area contributed by atoms with E-state index in [1.165, 1.54) is 17.7 Å². The second-order valence-corrected chi connectivity index (χ2v) is 14.9. The summed E-state index contributed by atoms with van der Waals surface area (Å²) < 4.78 is 39.3. The molecule has 0 spiro atoms. The highest BCUT2D eigenvalue weighted by Gasteiger charge is 2.41. The maximum atomic E-state index is 13.8. The van der Waals surface area contributed by atoms with E-state index in [1.807, 2.05) is 55.3 Å². The molecule has 5 rings (SSSR count). The molecule has 1 unspecified atom stereocenters. The van der Waals surface area contributed by atoms with Gasteiger partial charge >= 0.3 is 0 Å². The highest BCUT2D eigenvalue weighted by Crippen LogP contribution is 2.59. The molecule has 1 heterocycles. The van der Waals surface area contributed by atoms with Crippen molar-refractivity contribution in [3.8, 4) is 0 Å². The smallest absolute Gasteiger partial charge is 0.283 e. The second-order valence-electron chi connectivity index (χ2n) is 10.2. The fourth-order valence-electron chi connectivity index (χ4n) is 5.33. The molecule has 0 aromatic heterocycles. The molecule has 37 heavy (non-hydrogen) atoms. The van der Waals surface area contributed by atoms with Gasteiger partial charge in [0.2, 0.25) is 0 Å². The van der Waals surface area contributed by atoms with E-state index in [9.17, 15) is 8.42 Å². The third-order valence-electron chi connectivity index (χ3n) is 7.32. The van der Waals surface area contributed by atoms with E-state index in [0.717, 1.165) is 42.4 Å². The minimum Gasteiger partial charge on any atom is -0.347 e. The molecule has 1 aliphatic carbocycles. The highest BCUT2D eigenvalue weighted by atomic mass is 35.5. The van der Waals surface area contributed by atoms with Gasteiger partial charge < -0.3 is 9.42 Å². The van der Waals surface area contributed by atoms with Crippen LogP contribution in [0.3, 0.4) is 0 Å². The van der Waals surface area contributed by atoms with Crippen molar-refractivity contribution < 1.29 is 12.9 Å². The van der Waals surface area contributed by atoms with Crippen molar-refractivity contribution >= 4 is 39.9 Å². The molecule has 3 aromatic rings. The number of halogens is 1. The quantitative estimate of drug-likeness (QED) is 0.293. The van der Waals surface area contributed by atoms with Crippen LogP contribution in [0.2, 0.25) is 5.02 Å². The summed E-state index contributed by atoms with van der Waals surface area (Å²) in [6.45, 7) is 4.34. The topological polar surface area (TPSA) is 59.0 Å². The van der Waals surface area contributed by atoms with Gasteiger partial charge in [0.15, 0.2) is 7.28 Å². The average molecular weight is 555 g/mol. The monoisotopic (exact) mass is 554 g/mol. The number of anilines is 1. The SMILES string of the molecule is CN1/C(=C/P(=NS(=O)(=O)c2ccc(Cl)cc2)(OC2CCCC2)c2ccccc2)C(C)(C)c2ccccc21. The first kappa shape index (κ1) is 26.2. The molecule has 1 saturated carbocycles. The Morgan fingerprint density at radius 3 is 2.24 bits per heavy atom. The first-order valence-corrected chi connectivity index (χ1v) is 16.1. The number of benzene rings is 3. The first-order valence-electron chi connectivity index (χ1n) is 12.6. The number of allylic oxidation sites excluding steroid dienone is 1. The molecule has 3 aromatic carbocycles. The molecular formula is C29H32ClN2O3PS. The van der Waals surface area contributed by atoms with Crippen molar-refractivity contribution in [2.75, 3.05) is 11.9 Å². The van der Waals surface area contributed by atoms with Crippen molar-refractivity contribution in [3.63, 3.8) is 0 Å². The van der Waals surface area contributed by atoms with Crippen molar-refractivity contribution in [2.24, 2.45) is 4.15 Å². The second kappa shape index (κ2) is 10.1. The third kappa shape index (κ3) is 5.05. The first-order chi connectivity index (χ1) is 17.6. The molecule has 0 amide bonds. The van der Waals surface area contributed by atoms with E-state index >= 15 is 0 Å². The Hall–Kier alpha value is -2.37. The molecule has 0 N–H and O–H groups in total. The van der Waals surface area contributed by atoms with Gasteiger partial charge in [-0.15, -0.1) is 4.15 Å². The summed E-state index contributed by atoms with van der Waals surface area (Å²) in [6.07, 6.45) is 3.88. The van der Waals surface area contributed by atoms with Gasteiger partial charge in [0.05, 0.1) is 11.0 Å². The minimum atomic E-state index is -4.06. The van der Waals surface area contributed by atoms with Gasteiger partial charge in [-0.2, -0.15) is 8.42 Å². The van der Waals surface area contributed by atoms with Crippen LogP contribution in [0.1, 0.15) is 45.1 Å². The van der Waals surface area contributed by atoms with Gasteiger partial charge in [-0.3, -0.25) is 0 Å². The minimum absolute atomic E-state index is 0.0493. The van der Waals surface area contributed by atoms with E-state index in [0.29, 0.717) is 5.02 Å². The third-order valence-corrected chi connectivity index (χ3v) is 12.5. The van der Waals surface area contributed by atoms with Crippen molar-refractivity contribution in [2.45, 2.75) is 55.9 Å². The summed E-state index contributed by atoms with van der Waals surface area (Å²) in [6, 6.07) is 24.1. The van der Waals surface area contributed by atoms with Crippen LogP contribution in [-0.2, 0) is 20.0 Å². The molecule has 2 aliphatic rings. The fourth-order valence-corrected chi connectivity index (χ4v) is 10.7. The lowest BCUT2D eigenvalue weighted by Gasteiger charge is -2.30. The van der Waals surface area contributed by atoms with E-state index < -0.39 is 17.3 Å². The summed E-state index contributed by atoms with van der Waals surface area (Å²) in [5.41, 5.74) is 2.92. The lowest BCUT2D eigenvalue weighted by Crippen LogP contribution is -2.24. The molecule has 1 fully saturated rings. The van der Waals surface area contributed by atoms with Crippen LogP contribution in [0.4, 0.5) is 5.69 Å². The van der Waals surface area contributed by atoms with E-state index in [-0.39, 0.29) is 16.4 Å². The lowest BCUT2D eigenvalue weighted by atomic mass is 9.84. The predicted molar refractivity (Wildman–Crippen MR) is 153 cm³/mol. The number of sulfonamides is 1. The van der Waals surface area contributed by atoms with Crippen molar-refractivity contribution in [1.82, 2.24) is 0 Å². The summed E-state index contributed by atoms with van der Waals surface area (Å²) in [4.78, 5) is 2.25. The molecule has 0 saturated heterocycles. The normalized spacial score (nSPS) is 20.1. The fraction of sp³-hybridized carbons (Fsp3) is 0.310. The van der Waals surface area contributed by atoms with E-state index in [1.54, 1.807) is 12.1 Å². The van der Waals surface area contributed by atoms with Gasteiger partial charge in [0.25, 0.3) is 10.0 Å². The van der Waals surface area contributed by atoms with Crippen molar-refractivity contribution in [3.05, 3.63) is 101 Å². The maximum Gasteiger partial charge on any atom is 0.283 e. The Bertz CT molecular complexity index is 1480. The van der Waals surface area contributed by atoms with Crippen LogP contribution in [0.5, 0.6) is 0 Å². The van der Waals surface area contributed by atoms with Crippen LogP contribution in [-0.4, -0.2) is 21.6 Å². The van der Waals surface area contributed by atoms with Crippen LogP contribution >= 0.6 is 18.9 Å². The molecule has 1 atom stereocenters. The van der Waals surface area contributed by atoms with Gasteiger partial charge in [-0.25, -0.2) is 0 Å². The van der Waals surface area contributed by atoms with Crippen molar-refractivity contribution in [1.29, 1.82) is 0 Å². The Morgan fingerprint density at radius 2 is 1.59 bits per heavy atom. The molecule has 1 aliphatic heterocycles. The Kier molecular flexibility index (Phi) is 7.14. The maximum absolute atomic E-state index is 13.8. The van der Waals surface area contributed by atoms with Gasteiger partial charge in [0.1, 0.15) is 0 Å². The Labute approximate surface area is 225 Å². The number of likely N-dealkylation sites (N-methyl/N-ethyl adjacent to an activating group) is 1. The number of hydrogen-bond acceptors (Lipinski definition) is 4. The zero-order valence-electron chi connectivity index (χ0n) is 21.3. The number of hydrogen-bond donors (Lipinski definition) is 0. The summed E-state index contributed by atoms with van der Waals surface area (Å²) >= 11 is 6.05. The lowest BCUT2D eigenvalue weighted by molar-refractivity contribution is 0.236. The Morgan fingerprint density at radius 1 is 0.973 bits per heavy atom. The van der Waals surface area contributed by atoms with E-state index in [4.69, 9.17) is 20.3 Å². The molecule has 5 nitrogen and oxygen atoms in total. The standard InChI is InChI=1S/C29H32ClN2O3PS/c1-29(2)26-15-9-10-16-27(26)32(3)28(29)21-36(24-13-5-4-6-14-24,35-23-11-7-8-12-23)31-37(33,34)25-19-17-22(30)18-20-25/h4-6,9-10,13-21,23H,7-8,11-12H2,1-3H3/b28-21+. The molecular weight excluding hydrogens is 523 g/mol. The van der Waals surface area contributed by atoms with Gasteiger partial charge in [0, 0.05) is 40.0 Å². The van der Waals surface area contributed by atoms with Crippen LogP contribution in [0.15, 0.2) is 99.4 Å². The van der Waals surface area contributed by atoms with Crippen LogP contribution < -0.4 is 10.2 Å². The molecule has 0 bridgehead atoms. The Balaban J connectivity index is 1.79. The number of rotatable bonds is 6. The number of para-hydroxylation sites is 1. The predicted octanol–water partition coefficient (Wildman–Crippen LogP) is 7.70. The zero-order valence-corrected chi connectivity index (χ0v) is 23.8. The average Bonchev–Trinajstić information content (AvgIpc) is 3.46. The van der Waals surface area contributed by atoms with Gasteiger partial charge in [-0.1, -0.05) is 86.8 Å². The number of nitrogens with zero attached hydrogens (tertiary/aromatic N) is 2. The van der Waals surface area contributed by atoms with E-state index in [2.05, 4.69) is 30.9 Å².